The van der Waals surface area contributed by atoms with Crippen molar-refractivity contribution in [3.63, 3.8) is 0 Å². The van der Waals surface area contributed by atoms with Crippen LogP contribution in [0.25, 0.3) is 43.6 Å². The Labute approximate surface area is 194 Å². The van der Waals surface area contributed by atoms with Crippen LogP contribution in [0.15, 0.2) is 94.7 Å². The van der Waals surface area contributed by atoms with Crippen molar-refractivity contribution in [2.24, 2.45) is 0 Å². The van der Waals surface area contributed by atoms with Gasteiger partial charge in [-0.05, 0) is 48.5 Å². The van der Waals surface area contributed by atoms with Crippen molar-refractivity contribution in [1.82, 2.24) is 9.97 Å². The summed E-state index contributed by atoms with van der Waals surface area (Å²) in [6.07, 6.45) is 0. The molecule has 0 fully saturated rings. The van der Waals surface area contributed by atoms with Crippen LogP contribution in [-0.4, -0.2) is 35.9 Å². The molecule has 0 aliphatic carbocycles. The number of aromatic nitrogens is 2. The van der Waals surface area contributed by atoms with Crippen molar-refractivity contribution in [2.75, 3.05) is 0 Å². The minimum Gasteiger partial charge on any atom is -0.355 e. The van der Waals surface area contributed by atoms with Gasteiger partial charge in [0.1, 0.15) is 0 Å². The number of fused-ring (bicyclic) bond motifs is 6. The lowest BCUT2D eigenvalue weighted by Gasteiger charge is -1.99. The summed E-state index contributed by atoms with van der Waals surface area (Å²) in [5.74, 6) is 0. The Balaban J connectivity index is 0.000000157. The Morgan fingerprint density at radius 1 is 0.471 bits per heavy atom. The molecule has 6 rings (SSSR count). The van der Waals surface area contributed by atoms with Crippen molar-refractivity contribution in [1.29, 1.82) is 0 Å². The Kier molecular flexibility index (Phi) is 5.18. The summed E-state index contributed by atoms with van der Waals surface area (Å²) in [6, 6.07) is 24.6. The predicted molar refractivity (Wildman–Crippen MR) is 131 cm³/mol. The fraction of sp³-hybridized carbons (Fsp3) is 0. The van der Waals surface area contributed by atoms with Gasteiger partial charge in [-0.3, -0.25) is 9.11 Å². The molecule has 8 nitrogen and oxygen atoms in total. The summed E-state index contributed by atoms with van der Waals surface area (Å²) in [7, 11) is -8.72. The second kappa shape index (κ2) is 7.96. The molecule has 34 heavy (non-hydrogen) atoms. The number of benzene rings is 4. The van der Waals surface area contributed by atoms with Crippen LogP contribution in [0.5, 0.6) is 0 Å². The molecule has 0 radical (unpaired) electrons. The number of hydrogen-bond donors (Lipinski definition) is 4. The summed E-state index contributed by atoms with van der Waals surface area (Å²) in [5, 5.41) is 3.45. The maximum absolute atomic E-state index is 11.2. The molecule has 4 aromatic carbocycles. The summed E-state index contributed by atoms with van der Waals surface area (Å²) in [5.41, 5.74) is 3.57. The molecule has 0 spiro atoms. The Hall–Kier alpha value is -3.70. The predicted octanol–water partition coefficient (Wildman–Crippen LogP) is 5.14. The fourth-order valence-electron chi connectivity index (χ4n) is 3.98. The van der Waals surface area contributed by atoms with Gasteiger partial charge in [0, 0.05) is 43.6 Å². The molecule has 0 aliphatic heterocycles. The molecule has 172 valence electrons. The average Bonchev–Trinajstić information content (AvgIpc) is 3.35. The second-order valence-electron chi connectivity index (χ2n) is 7.71. The van der Waals surface area contributed by atoms with E-state index in [-0.39, 0.29) is 9.79 Å². The van der Waals surface area contributed by atoms with Gasteiger partial charge < -0.3 is 9.97 Å². The zero-order valence-corrected chi connectivity index (χ0v) is 19.1. The molecule has 4 N–H and O–H groups in total. The molecule has 0 bridgehead atoms. The van der Waals surface area contributed by atoms with Gasteiger partial charge in [-0.25, -0.2) is 0 Å². The largest absolute Gasteiger partial charge is 0.355 e. The van der Waals surface area contributed by atoms with Gasteiger partial charge >= 0.3 is 0 Å². The molecule has 0 unspecified atom stereocenters. The average molecular weight is 495 g/mol. The molecule has 0 aliphatic rings. The van der Waals surface area contributed by atoms with Crippen molar-refractivity contribution < 1.29 is 25.9 Å². The monoisotopic (exact) mass is 494 g/mol. The van der Waals surface area contributed by atoms with E-state index < -0.39 is 20.2 Å². The Bertz CT molecular complexity index is 1780. The lowest BCUT2D eigenvalue weighted by atomic mass is 10.1. The van der Waals surface area contributed by atoms with E-state index in [2.05, 4.69) is 58.5 Å². The van der Waals surface area contributed by atoms with Crippen molar-refractivity contribution in [2.45, 2.75) is 9.79 Å². The first-order valence-corrected chi connectivity index (χ1v) is 13.0. The van der Waals surface area contributed by atoms with Crippen LogP contribution in [-0.2, 0) is 20.2 Å². The van der Waals surface area contributed by atoms with Crippen LogP contribution >= 0.6 is 0 Å². The highest BCUT2D eigenvalue weighted by atomic mass is 32.2. The number of rotatable bonds is 2. The van der Waals surface area contributed by atoms with Gasteiger partial charge in [0.2, 0.25) is 0 Å². The molecule has 2 heterocycles. The van der Waals surface area contributed by atoms with Crippen LogP contribution in [0.2, 0.25) is 0 Å². The Morgan fingerprint density at radius 3 is 1.21 bits per heavy atom. The number of H-pyrrole nitrogens is 2. The molecule has 0 saturated heterocycles. The topological polar surface area (TPSA) is 140 Å². The van der Waals surface area contributed by atoms with Crippen molar-refractivity contribution in [3.8, 4) is 0 Å². The number of nitrogens with one attached hydrogen (secondary N) is 2. The normalized spacial score (nSPS) is 12.3. The minimum atomic E-state index is -4.36. The lowest BCUT2D eigenvalue weighted by Crippen LogP contribution is -1.97. The van der Waals surface area contributed by atoms with E-state index in [1.54, 1.807) is 0 Å². The summed E-state index contributed by atoms with van der Waals surface area (Å²) >= 11 is 0. The number of hydrogen-bond acceptors (Lipinski definition) is 4. The standard InChI is InChI=1S/C12H9NO6S2.C12H9N/c14-20(15,16)7-1-3-11-9(5-7)10-6-8(21(17,18)19)2-4-12(10)13-11;1-3-7-11-9(5-1)10-6-2-4-8-12(10)13-11/h1-6,13H,(H,14,15,16)(H,17,18,19);1-8,13H. The van der Waals surface area contributed by atoms with Gasteiger partial charge in [0.05, 0.1) is 9.79 Å². The van der Waals surface area contributed by atoms with Gasteiger partial charge in [-0.2, -0.15) is 16.8 Å². The summed E-state index contributed by atoms with van der Waals surface area (Å²) < 4.78 is 62.8. The molecular weight excluding hydrogens is 476 g/mol. The third kappa shape index (κ3) is 4.03. The molecule has 0 amide bonds. The lowest BCUT2D eigenvalue weighted by molar-refractivity contribution is 0.481. The maximum atomic E-state index is 11.2. The minimum absolute atomic E-state index is 0.298. The number of para-hydroxylation sites is 2. The van der Waals surface area contributed by atoms with Crippen LogP contribution in [0, 0.1) is 0 Å². The highest BCUT2D eigenvalue weighted by Gasteiger charge is 2.15. The first-order valence-electron chi connectivity index (χ1n) is 10.1. The third-order valence-electron chi connectivity index (χ3n) is 5.55. The first-order chi connectivity index (χ1) is 16.1. The third-order valence-corrected chi connectivity index (χ3v) is 7.25. The number of aromatic amines is 2. The van der Waals surface area contributed by atoms with E-state index in [9.17, 15) is 16.8 Å². The second-order valence-corrected chi connectivity index (χ2v) is 10.5. The van der Waals surface area contributed by atoms with Gasteiger partial charge in [-0.15, -0.1) is 0 Å². The summed E-state index contributed by atoms with van der Waals surface area (Å²) in [4.78, 5) is 5.76. The van der Waals surface area contributed by atoms with Crippen LogP contribution in [0.4, 0.5) is 0 Å². The van der Waals surface area contributed by atoms with E-state index in [1.807, 2.05) is 0 Å². The van der Waals surface area contributed by atoms with E-state index in [1.165, 1.54) is 58.2 Å². The van der Waals surface area contributed by atoms with Crippen LogP contribution < -0.4 is 0 Å². The molecule has 0 atom stereocenters. The zero-order valence-electron chi connectivity index (χ0n) is 17.4. The van der Waals surface area contributed by atoms with E-state index in [0.29, 0.717) is 21.8 Å². The highest BCUT2D eigenvalue weighted by Crippen LogP contribution is 2.29. The van der Waals surface area contributed by atoms with Gasteiger partial charge in [0.25, 0.3) is 20.2 Å². The first kappa shape index (κ1) is 22.1. The Morgan fingerprint density at radius 2 is 0.824 bits per heavy atom. The van der Waals surface area contributed by atoms with Crippen LogP contribution in [0.3, 0.4) is 0 Å². The highest BCUT2D eigenvalue weighted by molar-refractivity contribution is 7.86. The van der Waals surface area contributed by atoms with E-state index in [0.717, 1.165) is 0 Å². The maximum Gasteiger partial charge on any atom is 0.294 e. The van der Waals surface area contributed by atoms with Crippen molar-refractivity contribution >= 4 is 63.8 Å². The van der Waals surface area contributed by atoms with Gasteiger partial charge in [-0.1, -0.05) is 36.4 Å². The fourth-order valence-corrected chi connectivity index (χ4v) is 4.99. The van der Waals surface area contributed by atoms with Crippen LogP contribution in [0.1, 0.15) is 0 Å². The summed E-state index contributed by atoms with van der Waals surface area (Å²) in [6.45, 7) is 0. The van der Waals surface area contributed by atoms with Gasteiger partial charge in [0.15, 0.2) is 0 Å². The quantitative estimate of drug-likeness (QED) is 0.246. The molecule has 6 aromatic rings. The molecule has 10 heteroatoms. The zero-order chi connectivity index (χ0) is 24.1. The SMILES string of the molecule is O=S(=O)(O)c1ccc2[nH]c3ccc(S(=O)(=O)O)cc3c2c1.c1ccc2c(c1)[nH]c1ccccc12. The van der Waals surface area contributed by atoms with E-state index >= 15 is 0 Å². The smallest absolute Gasteiger partial charge is 0.294 e. The molecular formula is C24H18N2O6S2. The molecule has 2 aromatic heterocycles. The molecule has 0 saturated carbocycles. The van der Waals surface area contributed by atoms with Crippen molar-refractivity contribution in [3.05, 3.63) is 84.9 Å². The van der Waals surface area contributed by atoms with E-state index in [4.69, 9.17) is 9.11 Å².